The van der Waals surface area contributed by atoms with Crippen molar-refractivity contribution in [1.82, 2.24) is 9.88 Å². The van der Waals surface area contributed by atoms with E-state index in [2.05, 4.69) is 54.2 Å². The lowest BCUT2D eigenvalue weighted by Crippen LogP contribution is -2.13. The van der Waals surface area contributed by atoms with Crippen molar-refractivity contribution in [2.45, 2.75) is 33.4 Å². The molecule has 0 bridgehead atoms. The molecule has 0 radical (unpaired) electrons. The molecule has 1 heterocycles. The molecule has 0 atom stereocenters. The third kappa shape index (κ3) is 3.77. The summed E-state index contributed by atoms with van der Waals surface area (Å²) in [6.07, 6.45) is 3.41. The molecule has 3 heteroatoms. The van der Waals surface area contributed by atoms with E-state index < -0.39 is 0 Å². The van der Waals surface area contributed by atoms with Gasteiger partial charge in [0.25, 0.3) is 0 Å². The molecule has 0 aliphatic rings. The monoisotopic (exact) mass is 276 g/mol. The molecule has 1 aromatic heterocycles. The highest BCUT2D eigenvalue weighted by atomic mass is 32.2. The zero-order valence-electron chi connectivity index (χ0n) is 12.0. The summed E-state index contributed by atoms with van der Waals surface area (Å²) in [5.74, 6) is 2.39. The Bertz CT molecular complexity index is 504. The first-order valence-corrected chi connectivity index (χ1v) is 8.37. The van der Waals surface area contributed by atoms with Crippen LogP contribution in [-0.4, -0.2) is 22.6 Å². The first kappa shape index (κ1) is 14.5. The van der Waals surface area contributed by atoms with Gasteiger partial charge in [0.1, 0.15) is 0 Å². The van der Waals surface area contributed by atoms with Gasteiger partial charge >= 0.3 is 0 Å². The molecule has 0 saturated heterocycles. The lowest BCUT2D eigenvalue weighted by atomic mass is 10.1. The standard InChI is InChI=1S/C16H24N2S/c1-3-9-17-13-14-6-5-7-16-15(14)8-10-18(16)11-12-19-4-2/h5-8,10,17H,3-4,9,11-13H2,1-2H3. The van der Waals surface area contributed by atoms with Crippen LogP contribution in [0.2, 0.25) is 0 Å². The van der Waals surface area contributed by atoms with Crippen molar-refractivity contribution in [2.24, 2.45) is 0 Å². The summed E-state index contributed by atoms with van der Waals surface area (Å²) >= 11 is 2.00. The van der Waals surface area contributed by atoms with Crippen LogP contribution in [0.25, 0.3) is 10.9 Å². The molecule has 1 N–H and O–H groups in total. The van der Waals surface area contributed by atoms with Gasteiger partial charge in [-0.1, -0.05) is 26.0 Å². The van der Waals surface area contributed by atoms with Gasteiger partial charge in [-0.3, -0.25) is 0 Å². The fourth-order valence-electron chi connectivity index (χ4n) is 2.34. The van der Waals surface area contributed by atoms with Crippen LogP contribution in [0.5, 0.6) is 0 Å². The number of rotatable bonds is 8. The Balaban J connectivity index is 2.12. The molecule has 0 aliphatic carbocycles. The van der Waals surface area contributed by atoms with Crippen molar-refractivity contribution in [1.29, 1.82) is 0 Å². The number of nitrogens with one attached hydrogen (secondary N) is 1. The van der Waals surface area contributed by atoms with Crippen molar-refractivity contribution in [3.8, 4) is 0 Å². The Labute approximate surface area is 120 Å². The fourth-order valence-corrected chi connectivity index (χ4v) is 2.96. The largest absolute Gasteiger partial charge is 0.347 e. The van der Waals surface area contributed by atoms with Crippen molar-refractivity contribution in [2.75, 3.05) is 18.1 Å². The van der Waals surface area contributed by atoms with Gasteiger partial charge in [0.2, 0.25) is 0 Å². The van der Waals surface area contributed by atoms with Crippen LogP contribution in [0.15, 0.2) is 30.5 Å². The number of hydrogen-bond acceptors (Lipinski definition) is 2. The third-order valence-electron chi connectivity index (χ3n) is 3.33. The molecule has 2 rings (SSSR count). The quantitative estimate of drug-likeness (QED) is 0.737. The molecule has 0 saturated carbocycles. The zero-order valence-corrected chi connectivity index (χ0v) is 12.8. The third-order valence-corrected chi connectivity index (χ3v) is 4.21. The second-order valence-corrected chi connectivity index (χ2v) is 6.13. The van der Waals surface area contributed by atoms with Gasteiger partial charge in [-0.2, -0.15) is 11.8 Å². The summed E-state index contributed by atoms with van der Waals surface area (Å²) in [5.41, 5.74) is 2.78. The van der Waals surface area contributed by atoms with E-state index in [-0.39, 0.29) is 0 Å². The predicted molar refractivity (Wildman–Crippen MR) is 86.9 cm³/mol. The topological polar surface area (TPSA) is 17.0 Å². The SMILES string of the molecule is CCCNCc1cccc2c1ccn2CCSCC. The van der Waals surface area contributed by atoms with Crippen LogP contribution in [0.4, 0.5) is 0 Å². The number of benzene rings is 1. The molecule has 0 unspecified atom stereocenters. The molecular formula is C16H24N2S. The number of thioether (sulfide) groups is 1. The maximum Gasteiger partial charge on any atom is 0.0483 e. The average molecular weight is 276 g/mol. The predicted octanol–water partition coefficient (Wildman–Crippen LogP) is 3.89. The zero-order chi connectivity index (χ0) is 13.5. The Morgan fingerprint density at radius 2 is 2.11 bits per heavy atom. The van der Waals surface area contributed by atoms with E-state index in [9.17, 15) is 0 Å². The minimum atomic E-state index is 0.971. The van der Waals surface area contributed by atoms with Crippen LogP contribution >= 0.6 is 11.8 Å². The van der Waals surface area contributed by atoms with Crippen molar-refractivity contribution in [3.05, 3.63) is 36.0 Å². The van der Waals surface area contributed by atoms with E-state index in [1.54, 1.807) is 0 Å². The normalized spacial score (nSPS) is 11.3. The highest BCUT2D eigenvalue weighted by Crippen LogP contribution is 2.20. The van der Waals surface area contributed by atoms with Gasteiger partial charge in [-0.25, -0.2) is 0 Å². The number of nitrogens with zero attached hydrogens (tertiary/aromatic N) is 1. The van der Waals surface area contributed by atoms with Crippen molar-refractivity contribution in [3.63, 3.8) is 0 Å². The van der Waals surface area contributed by atoms with E-state index >= 15 is 0 Å². The first-order chi connectivity index (χ1) is 9.36. The Hall–Kier alpha value is -0.930. The molecule has 1 aromatic carbocycles. The summed E-state index contributed by atoms with van der Waals surface area (Å²) in [4.78, 5) is 0. The number of aryl methyl sites for hydroxylation is 1. The molecule has 2 aromatic rings. The van der Waals surface area contributed by atoms with Crippen LogP contribution in [-0.2, 0) is 13.1 Å². The van der Waals surface area contributed by atoms with Crippen LogP contribution in [0, 0.1) is 0 Å². The molecule has 2 nitrogen and oxygen atoms in total. The second-order valence-electron chi connectivity index (χ2n) is 4.73. The Morgan fingerprint density at radius 1 is 1.21 bits per heavy atom. The van der Waals surface area contributed by atoms with E-state index in [1.807, 2.05) is 11.8 Å². The molecule has 104 valence electrons. The van der Waals surface area contributed by atoms with Crippen molar-refractivity contribution >= 4 is 22.7 Å². The number of hydrogen-bond donors (Lipinski definition) is 1. The van der Waals surface area contributed by atoms with Gasteiger partial charge in [0.05, 0.1) is 0 Å². The fraction of sp³-hybridized carbons (Fsp3) is 0.500. The van der Waals surface area contributed by atoms with E-state index in [0.29, 0.717) is 0 Å². The lowest BCUT2D eigenvalue weighted by Gasteiger charge is -2.08. The summed E-state index contributed by atoms with van der Waals surface area (Å²) in [6.45, 7) is 7.59. The first-order valence-electron chi connectivity index (χ1n) is 7.22. The molecule has 0 aliphatic heterocycles. The summed E-state index contributed by atoms with van der Waals surface area (Å²) in [7, 11) is 0. The van der Waals surface area contributed by atoms with Gasteiger partial charge < -0.3 is 9.88 Å². The highest BCUT2D eigenvalue weighted by Gasteiger charge is 2.05. The minimum Gasteiger partial charge on any atom is -0.347 e. The summed E-state index contributed by atoms with van der Waals surface area (Å²) in [6, 6.07) is 8.90. The highest BCUT2D eigenvalue weighted by molar-refractivity contribution is 7.99. The Kier molecular flexibility index (Phi) is 5.80. The average Bonchev–Trinajstić information content (AvgIpc) is 2.84. The van der Waals surface area contributed by atoms with Gasteiger partial charge in [-0.05, 0) is 36.4 Å². The lowest BCUT2D eigenvalue weighted by molar-refractivity contribution is 0.678. The molecule has 0 amide bonds. The van der Waals surface area contributed by atoms with Gasteiger partial charge in [0, 0.05) is 35.9 Å². The number of fused-ring (bicyclic) bond motifs is 1. The molecular weight excluding hydrogens is 252 g/mol. The smallest absolute Gasteiger partial charge is 0.0483 e. The summed E-state index contributed by atoms with van der Waals surface area (Å²) in [5, 5.41) is 4.89. The Morgan fingerprint density at radius 3 is 2.89 bits per heavy atom. The van der Waals surface area contributed by atoms with Crippen molar-refractivity contribution < 1.29 is 0 Å². The van der Waals surface area contributed by atoms with Crippen LogP contribution in [0.3, 0.4) is 0 Å². The minimum absolute atomic E-state index is 0.971. The number of aromatic nitrogens is 1. The maximum atomic E-state index is 3.49. The van der Waals surface area contributed by atoms with Crippen LogP contribution in [0.1, 0.15) is 25.8 Å². The summed E-state index contributed by atoms with van der Waals surface area (Å²) < 4.78 is 2.38. The molecule has 0 fully saturated rings. The van der Waals surface area contributed by atoms with E-state index in [1.165, 1.54) is 34.4 Å². The molecule has 19 heavy (non-hydrogen) atoms. The van der Waals surface area contributed by atoms with Gasteiger partial charge in [0.15, 0.2) is 0 Å². The molecule has 0 spiro atoms. The van der Waals surface area contributed by atoms with E-state index in [4.69, 9.17) is 0 Å². The maximum absolute atomic E-state index is 3.49. The van der Waals surface area contributed by atoms with Crippen LogP contribution < -0.4 is 5.32 Å². The van der Waals surface area contributed by atoms with E-state index in [0.717, 1.165) is 19.6 Å². The second kappa shape index (κ2) is 7.61. The van der Waals surface area contributed by atoms with Gasteiger partial charge in [-0.15, -0.1) is 0 Å².